The Bertz CT molecular complexity index is 339. The molecule has 0 aliphatic carbocycles. The van der Waals surface area contributed by atoms with Crippen LogP contribution in [-0.2, 0) is 0 Å². The Balaban J connectivity index is 2.54. The van der Waals surface area contributed by atoms with Gasteiger partial charge in [-0.25, -0.2) is 0 Å². The van der Waals surface area contributed by atoms with Gasteiger partial charge in [0.1, 0.15) is 5.75 Å². The zero-order valence-electron chi connectivity index (χ0n) is 9.03. The Morgan fingerprint density at radius 2 is 2.33 bits per heavy atom. The molecule has 0 fully saturated rings. The van der Waals surface area contributed by atoms with Gasteiger partial charge in [-0.2, -0.15) is 0 Å². The van der Waals surface area contributed by atoms with Gasteiger partial charge < -0.3 is 10.4 Å². The Hall–Kier alpha value is -1.58. The second-order valence-corrected chi connectivity index (χ2v) is 3.66. The minimum absolute atomic E-state index is 0.00573. The first-order chi connectivity index (χ1) is 7.13. The van der Waals surface area contributed by atoms with Crippen LogP contribution in [-0.4, -0.2) is 22.5 Å². The van der Waals surface area contributed by atoms with Crippen LogP contribution in [0.25, 0.3) is 0 Å². The lowest BCUT2D eigenvalue weighted by atomic mass is 10.1. The molecule has 1 rings (SSSR count). The summed E-state index contributed by atoms with van der Waals surface area (Å²) in [5.74, 6) is 0.268. The van der Waals surface area contributed by atoms with Gasteiger partial charge in [-0.15, -0.1) is 0 Å². The molecule has 0 spiro atoms. The number of carbonyl (C=O) groups excluding carboxylic acids is 1. The Morgan fingerprint density at radius 1 is 1.60 bits per heavy atom. The molecule has 1 atom stereocenters. The van der Waals surface area contributed by atoms with Gasteiger partial charge in [0.2, 0.25) is 0 Å². The highest BCUT2D eigenvalue weighted by atomic mass is 16.3. The van der Waals surface area contributed by atoms with Crippen molar-refractivity contribution in [1.29, 1.82) is 0 Å². The van der Waals surface area contributed by atoms with Gasteiger partial charge >= 0.3 is 0 Å². The quantitative estimate of drug-likeness (QED) is 0.789. The van der Waals surface area contributed by atoms with E-state index in [-0.39, 0.29) is 11.7 Å². The standard InChI is InChI=1S/C11H16N2O2/c1-3-8(2)5-13-11(15)9-4-10(14)7-12-6-9/h4,6-8,14H,3,5H2,1-2H3,(H,13,15). The van der Waals surface area contributed by atoms with E-state index in [2.05, 4.69) is 24.1 Å². The Labute approximate surface area is 89.3 Å². The van der Waals surface area contributed by atoms with Gasteiger partial charge in [0.05, 0.1) is 11.8 Å². The van der Waals surface area contributed by atoms with E-state index in [1.54, 1.807) is 0 Å². The molecule has 0 bridgehead atoms. The molecule has 0 saturated carbocycles. The second kappa shape index (κ2) is 5.34. The number of nitrogens with zero attached hydrogens (tertiary/aromatic N) is 1. The molecule has 82 valence electrons. The molecule has 0 saturated heterocycles. The van der Waals surface area contributed by atoms with Crippen LogP contribution in [0.2, 0.25) is 0 Å². The van der Waals surface area contributed by atoms with Crippen molar-refractivity contribution in [1.82, 2.24) is 10.3 Å². The summed E-state index contributed by atoms with van der Waals surface area (Å²) in [5.41, 5.74) is 0.387. The molecule has 0 aromatic carbocycles. The zero-order chi connectivity index (χ0) is 11.3. The Morgan fingerprint density at radius 3 is 2.93 bits per heavy atom. The highest BCUT2D eigenvalue weighted by molar-refractivity contribution is 5.94. The summed E-state index contributed by atoms with van der Waals surface area (Å²) in [5, 5.41) is 11.9. The minimum atomic E-state index is -0.196. The molecule has 0 aliphatic rings. The SMILES string of the molecule is CCC(C)CNC(=O)c1cncc(O)c1. The molecule has 1 heterocycles. The van der Waals surface area contributed by atoms with Crippen LogP contribution in [0.1, 0.15) is 30.6 Å². The van der Waals surface area contributed by atoms with Gasteiger partial charge in [0.15, 0.2) is 0 Å². The maximum absolute atomic E-state index is 11.6. The summed E-state index contributed by atoms with van der Waals surface area (Å²) >= 11 is 0. The number of nitrogens with one attached hydrogen (secondary N) is 1. The van der Waals surface area contributed by atoms with Gasteiger partial charge in [-0.1, -0.05) is 20.3 Å². The normalized spacial score (nSPS) is 12.1. The monoisotopic (exact) mass is 208 g/mol. The molecule has 1 unspecified atom stereocenters. The van der Waals surface area contributed by atoms with Gasteiger partial charge in [-0.05, 0) is 12.0 Å². The average Bonchev–Trinajstić information content (AvgIpc) is 2.25. The van der Waals surface area contributed by atoms with Crippen LogP contribution >= 0.6 is 0 Å². The van der Waals surface area contributed by atoms with Crippen molar-refractivity contribution in [3.63, 3.8) is 0 Å². The number of amides is 1. The molecule has 0 aliphatic heterocycles. The summed E-state index contributed by atoms with van der Waals surface area (Å²) in [6.07, 6.45) is 3.76. The van der Waals surface area contributed by atoms with Crippen molar-refractivity contribution in [3.8, 4) is 5.75 Å². The zero-order valence-corrected chi connectivity index (χ0v) is 9.03. The summed E-state index contributed by atoms with van der Waals surface area (Å²) in [6.45, 7) is 4.79. The number of rotatable bonds is 4. The molecule has 1 amide bonds. The van der Waals surface area contributed by atoms with Crippen LogP contribution in [0.4, 0.5) is 0 Å². The lowest BCUT2D eigenvalue weighted by Gasteiger charge is -2.09. The largest absolute Gasteiger partial charge is 0.506 e. The van der Waals surface area contributed by atoms with Crippen molar-refractivity contribution < 1.29 is 9.90 Å². The van der Waals surface area contributed by atoms with E-state index in [0.717, 1.165) is 6.42 Å². The number of aromatic nitrogens is 1. The third kappa shape index (κ3) is 3.58. The van der Waals surface area contributed by atoms with Crippen LogP contribution < -0.4 is 5.32 Å². The van der Waals surface area contributed by atoms with Crippen LogP contribution in [0.3, 0.4) is 0 Å². The fraction of sp³-hybridized carbons (Fsp3) is 0.455. The minimum Gasteiger partial charge on any atom is -0.506 e. The van der Waals surface area contributed by atoms with E-state index in [9.17, 15) is 4.79 Å². The number of hydrogen-bond donors (Lipinski definition) is 2. The van der Waals surface area contributed by atoms with Crippen molar-refractivity contribution in [2.45, 2.75) is 20.3 Å². The summed E-state index contributed by atoms with van der Waals surface area (Å²) in [7, 11) is 0. The van der Waals surface area contributed by atoms with Crippen molar-refractivity contribution in [2.24, 2.45) is 5.92 Å². The first-order valence-corrected chi connectivity index (χ1v) is 5.05. The fourth-order valence-corrected chi connectivity index (χ4v) is 1.07. The molecule has 15 heavy (non-hydrogen) atoms. The van der Waals surface area contributed by atoms with E-state index in [1.807, 2.05) is 0 Å². The summed E-state index contributed by atoms with van der Waals surface area (Å²) in [6, 6.07) is 1.40. The second-order valence-electron chi connectivity index (χ2n) is 3.66. The van der Waals surface area contributed by atoms with Gasteiger partial charge in [0, 0.05) is 12.7 Å². The topological polar surface area (TPSA) is 62.2 Å². The highest BCUT2D eigenvalue weighted by Crippen LogP contribution is 2.08. The molecular formula is C11H16N2O2. The molecule has 1 aromatic rings. The molecule has 4 heteroatoms. The summed E-state index contributed by atoms with van der Waals surface area (Å²) in [4.78, 5) is 15.3. The smallest absolute Gasteiger partial charge is 0.252 e. The maximum Gasteiger partial charge on any atom is 0.252 e. The number of aromatic hydroxyl groups is 1. The fourth-order valence-electron chi connectivity index (χ4n) is 1.07. The third-order valence-electron chi connectivity index (χ3n) is 2.29. The molecule has 4 nitrogen and oxygen atoms in total. The van der Waals surface area contributed by atoms with E-state index in [0.29, 0.717) is 18.0 Å². The first-order valence-electron chi connectivity index (χ1n) is 5.05. The number of pyridine rings is 1. The summed E-state index contributed by atoms with van der Waals surface area (Å²) < 4.78 is 0. The molecule has 2 N–H and O–H groups in total. The maximum atomic E-state index is 11.6. The highest BCUT2D eigenvalue weighted by Gasteiger charge is 2.07. The van der Waals surface area contributed by atoms with Crippen molar-refractivity contribution in [3.05, 3.63) is 24.0 Å². The van der Waals surface area contributed by atoms with E-state index in [1.165, 1.54) is 18.5 Å². The molecule has 0 radical (unpaired) electrons. The van der Waals surface area contributed by atoms with E-state index < -0.39 is 0 Å². The third-order valence-corrected chi connectivity index (χ3v) is 2.29. The van der Waals surface area contributed by atoms with E-state index in [4.69, 9.17) is 5.11 Å². The van der Waals surface area contributed by atoms with Crippen molar-refractivity contribution >= 4 is 5.91 Å². The van der Waals surface area contributed by atoms with Crippen molar-refractivity contribution in [2.75, 3.05) is 6.54 Å². The predicted octanol–water partition coefficient (Wildman–Crippen LogP) is 1.56. The Kier molecular flexibility index (Phi) is 4.09. The molecule has 1 aromatic heterocycles. The number of carbonyl (C=O) groups is 1. The predicted molar refractivity (Wildman–Crippen MR) is 57.7 cm³/mol. The average molecular weight is 208 g/mol. The molecular weight excluding hydrogens is 192 g/mol. The van der Waals surface area contributed by atoms with Crippen LogP contribution in [0.15, 0.2) is 18.5 Å². The van der Waals surface area contributed by atoms with E-state index >= 15 is 0 Å². The first kappa shape index (κ1) is 11.5. The van der Waals surface area contributed by atoms with Crippen LogP contribution in [0.5, 0.6) is 5.75 Å². The number of hydrogen-bond acceptors (Lipinski definition) is 3. The lowest BCUT2D eigenvalue weighted by Crippen LogP contribution is -2.28. The lowest BCUT2D eigenvalue weighted by molar-refractivity contribution is 0.0947. The van der Waals surface area contributed by atoms with Gasteiger partial charge in [0.25, 0.3) is 5.91 Å². The van der Waals surface area contributed by atoms with Gasteiger partial charge in [-0.3, -0.25) is 9.78 Å². The van der Waals surface area contributed by atoms with Crippen LogP contribution in [0, 0.1) is 5.92 Å².